The molecule has 9 heteroatoms. The maximum atomic E-state index is 12.1. The Morgan fingerprint density at radius 3 is 2.79 bits per heavy atom. The highest BCUT2D eigenvalue weighted by Crippen LogP contribution is 2.23. The van der Waals surface area contributed by atoms with Gasteiger partial charge in [-0.1, -0.05) is 18.2 Å². The minimum Gasteiger partial charge on any atom is -0.463 e. The van der Waals surface area contributed by atoms with Gasteiger partial charge in [0.2, 0.25) is 5.91 Å². The van der Waals surface area contributed by atoms with Crippen LogP contribution in [-0.2, 0) is 14.6 Å². The highest BCUT2D eigenvalue weighted by atomic mass is 32.2. The van der Waals surface area contributed by atoms with Gasteiger partial charge in [-0.2, -0.15) is 10.2 Å². The summed E-state index contributed by atoms with van der Waals surface area (Å²) in [5.41, 5.74) is 4.63. The van der Waals surface area contributed by atoms with Crippen LogP contribution >= 0.6 is 0 Å². The van der Waals surface area contributed by atoms with E-state index >= 15 is 0 Å². The number of sulfone groups is 1. The van der Waals surface area contributed by atoms with Gasteiger partial charge < -0.3 is 4.42 Å². The number of para-hydroxylation sites is 1. The number of hydrogen-bond acceptors (Lipinski definition) is 6. The first-order chi connectivity index (χ1) is 14.0. The van der Waals surface area contributed by atoms with Crippen molar-refractivity contribution in [3.63, 3.8) is 0 Å². The number of benzene rings is 1. The Bertz CT molecular complexity index is 1120. The van der Waals surface area contributed by atoms with E-state index in [9.17, 15) is 13.2 Å². The molecule has 1 aliphatic heterocycles. The maximum Gasteiger partial charge on any atom is 0.240 e. The molecule has 8 nitrogen and oxygen atoms in total. The van der Waals surface area contributed by atoms with Crippen LogP contribution in [0.5, 0.6) is 0 Å². The van der Waals surface area contributed by atoms with Crippen molar-refractivity contribution in [2.75, 3.05) is 11.5 Å². The number of furan rings is 1. The monoisotopic (exact) mass is 412 g/mol. The summed E-state index contributed by atoms with van der Waals surface area (Å²) in [4.78, 5) is 12.1. The molecule has 0 spiro atoms. The number of hydrogen-bond donors (Lipinski definition) is 1. The first kappa shape index (κ1) is 19.1. The molecule has 0 bridgehead atoms. The van der Waals surface area contributed by atoms with Gasteiger partial charge in [0.05, 0.1) is 29.7 Å². The number of carbonyl (C=O) groups excluding carboxylic acids is 1. The maximum absolute atomic E-state index is 12.1. The first-order valence-corrected chi connectivity index (χ1v) is 11.0. The van der Waals surface area contributed by atoms with Gasteiger partial charge in [-0.3, -0.25) is 4.79 Å². The quantitative estimate of drug-likeness (QED) is 0.494. The van der Waals surface area contributed by atoms with Gasteiger partial charge in [0, 0.05) is 18.2 Å². The second-order valence-electron chi connectivity index (χ2n) is 6.96. The van der Waals surface area contributed by atoms with E-state index in [1.165, 1.54) is 6.21 Å². The zero-order valence-corrected chi connectivity index (χ0v) is 16.4. The van der Waals surface area contributed by atoms with Crippen LogP contribution in [-0.4, -0.2) is 41.8 Å². The van der Waals surface area contributed by atoms with Crippen LogP contribution in [0.15, 0.2) is 64.4 Å². The Morgan fingerprint density at radius 2 is 2.10 bits per heavy atom. The van der Waals surface area contributed by atoms with Crippen LogP contribution in [0.2, 0.25) is 0 Å². The topological polar surface area (TPSA) is 107 Å². The molecule has 0 saturated carbocycles. The van der Waals surface area contributed by atoms with E-state index in [0.29, 0.717) is 23.4 Å². The van der Waals surface area contributed by atoms with E-state index in [1.54, 1.807) is 29.3 Å². The van der Waals surface area contributed by atoms with Gasteiger partial charge in [0.25, 0.3) is 0 Å². The van der Waals surface area contributed by atoms with Crippen LogP contribution in [0, 0.1) is 5.92 Å². The van der Waals surface area contributed by atoms with Gasteiger partial charge in [-0.05, 0) is 36.6 Å². The van der Waals surface area contributed by atoms with Gasteiger partial charge in [0.1, 0.15) is 5.69 Å². The van der Waals surface area contributed by atoms with Gasteiger partial charge in [-0.15, -0.1) is 0 Å². The minimum absolute atomic E-state index is 0.0661. The molecule has 0 aliphatic carbocycles. The summed E-state index contributed by atoms with van der Waals surface area (Å²) < 4.78 is 30.2. The fourth-order valence-electron chi connectivity index (χ4n) is 3.31. The molecule has 0 unspecified atom stereocenters. The molecule has 1 aliphatic rings. The summed E-state index contributed by atoms with van der Waals surface area (Å²) in [6, 6.07) is 13.2. The van der Waals surface area contributed by atoms with E-state index in [4.69, 9.17) is 4.42 Å². The van der Waals surface area contributed by atoms with Crippen molar-refractivity contribution in [3.05, 3.63) is 60.5 Å². The summed E-state index contributed by atoms with van der Waals surface area (Å²) in [5.74, 6) is 0.354. The SMILES string of the molecule is O=C(C[C@H]1CCS(=O)(=O)C1)N/N=C\c1cn(-c2ccccc2)nc1-c1ccco1. The number of amides is 1. The molecule has 1 N–H and O–H groups in total. The molecule has 150 valence electrons. The smallest absolute Gasteiger partial charge is 0.240 e. The molecule has 0 radical (unpaired) electrons. The molecular formula is C20H20N4O4S. The van der Waals surface area contributed by atoms with E-state index in [0.717, 1.165) is 5.69 Å². The predicted molar refractivity (Wildman–Crippen MR) is 108 cm³/mol. The summed E-state index contributed by atoms with van der Waals surface area (Å²) in [6.07, 6.45) is 5.53. The fourth-order valence-corrected chi connectivity index (χ4v) is 5.18. The van der Waals surface area contributed by atoms with Crippen molar-refractivity contribution in [2.24, 2.45) is 11.0 Å². The Kier molecular flexibility index (Phi) is 5.30. The van der Waals surface area contributed by atoms with E-state index in [1.807, 2.05) is 30.3 Å². The summed E-state index contributed by atoms with van der Waals surface area (Å²) in [7, 11) is -3.00. The van der Waals surface area contributed by atoms with Crippen LogP contribution in [0.1, 0.15) is 18.4 Å². The molecule has 1 aromatic carbocycles. The fraction of sp³-hybridized carbons (Fsp3) is 0.250. The third-order valence-electron chi connectivity index (χ3n) is 4.71. The van der Waals surface area contributed by atoms with Crippen LogP contribution in [0.3, 0.4) is 0 Å². The minimum atomic E-state index is -3.00. The van der Waals surface area contributed by atoms with Gasteiger partial charge in [-0.25, -0.2) is 18.5 Å². The number of nitrogens with zero attached hydrogens (tertiary/aromatic N) is 3. The molecule has 4 rings (SSSR count). The van der Waals surface area contributed by atoms with E-state index in [2.05, 4.69) is 15.6 Å². The lowest BCUT2D eigenvalue weighted by molar-refractivity contribution is -0.121. The highest BCUT2D eigenvalue weighted by molar-refractivity contribution is 7.91. The largest absolute Gasteiger partial charge is 0.463 e. The van der Waals surface area contributed by atoms with Crippen molar-refractivity contribution in [2.45, 2.75) is 12.8 Å². The summed E-state index contributed by atoms with van der Waals surface area (Å²) in [6.45, 7) is 0. The molecule has 3 aromatic rings. The predicted octanol–water partition coefficient (Wildman–Crippen LogP) is 2.41. The molecule has 1 saturated heterocycles. The average molecular weight is 412 g/mol. The van der Waals surface area contributed by atoms with Crippen molar-refractivity contribution in [1.82, 2.24) is 15.2 Å². The zero-order valence-electron chi connectivity index (χ0n) is 15.6. The standard InChI is InChI=1S/C20H20N4O4S/c25-19(11-15-8-10-29(26,27)14-15)22-21-12-16-13-24(17-5-2-1-3-6-17)23-20(16)18-7-4-9-28-18/h1-7,9,12-13,15H,8,10-11,14H2,(H,22,25)/b21-12-/t15-/m1/s1. The molecule has 3 heterocycles. The summed E-state index contributed by atoms with van der Waals surface area (Å²) >= 11 is 0. The van der Waals surface area contributed by atoms with Crippen LogP contribution < -0.4 is 5.43 Å². The van der Waals surface area contributed by atoms with Crippen molar-refractivity contribution in [1.29, 1.82) is 0 Å². The number of nitrogens with one attached hydrogen (secondary N) is 1. The van der Waals surface area contributed by atoms with E-state index in [-0.39, 0.29) is 29.8 Å². The number of hydrazone groups is 1. The highest BCUT2D eigenvalue weighted by Gasteiger charge is 2.29. The third kappa shape index (κ3) is 4.62. The molecule has 2 aromatic heterocycles. The lowest BCUT2D eigenvalue weighted by Crippen LogP contribution is -2.21. The molecule has 1 fully saturated rings. The number of rotatable bonds is 6. The summed E-state index contributed by atoms with van der Waals surface area (Å²) in [5, 5.41) is 8.60. The van der Waals surface area contributed by atoms with E-state index < -0.39 is 9.84 Å². The molecule has 1 amide bonds. The number of aromatic nitrogens is 2. The van der Waals surface area contributed by atoms with Gasteiger partial charge in [0.15, 0.2) is 15.6 Å². The van der Waals surface area contributed by atoms with Crippen molar-refractivity contribution >= 4 is 22.0 Å². The average Bonchev–Trinajstić information content (AvgIpc) is 3.42. The molecule has 29 heavy (non-hydrogen) atoms. The first-order valence-electron chi connectivity index (χ1n) is 9.21. The van der Waals surface area contributed by atoms with Crippen LogP contribution in [0.4, 0.5) is 0 Å². The molecular weight excluding hydrogens is 392 g/mol. The Balaban J connectivity index is 1.48. The zero-order chi connectivity index (χ0) is 20.3. The van der Waals surface area contributed by atoms with Crippen molar-refractivity contribution < 1.29 is 17.6 Å². The molecule has 1 atom stereocenters. The Labute approximate surface area is 168 Å². The van der Waals surface area contributed by atoms with Gasteiger partial charge >= 0.3 is 0 Å². The number of carbonyl (C=O) groups is 1. The van der Waals surface area contributed by atoms with Crippen molar-refractivity contribution in [3.8, 4) is 17.1 Å². The van der Waals surface area contributed by atoms with Crippen LogP contribution in [0.25, 0.3) is 17.1 Å². The second-order valence-corrected chi connectivity index (χ2v) is 9.19. The Morgan fingerprint density at radius 1 is 1.28 bits per heavy atom. The normalized spacial score (nSPS) is 18.3. The lowest BCUT2D eigenvalue weighted by Gasteiger charge is -2.05. The second kappa shape index (κ2) is 8.04. The third-order valence-corrected chi connectivity index (χ3v) is 6.55. The lowest BCUT2D eigenvalue weighted by atomic mass is 10.1. The Hall–Kier alpha value is -3.20.